The van der Waals surface area contributed by atoms with Crippen LogP contribution in [-0.4, -0.2) is 13.1 Å². The average molecular weight is 349 g/mol. The van der Waals surface area contributed by atoms with E-state index >= 15 is 0 Å². The summed E-state index contributed by atoms with van der Waals surface area (Å²) in [6.45, 7) is 0. The molecule has 1 aliphatic carbocycles. The first-order valence-electron chi connectivity index (χ1n) is 8.68. The van der Waals surface area contributed by atoms with Crippen LogP contribution in [0.4, 0.5) is 4.39 Å². The van der Waals surface area contributed by atoms with Gasteiger partial charge in [0, 0.05) is 0 Å². The molecule has 2 unspecified atom stereocenters. The summed E-state index contributed by atoms with van der Waals surface area (Å²) in [6.07, 6.45) is 0.948. The van der Waals surface area contributed by atoms with E-state index in [1.807, 2.05) is 37.4 Å². The molecule has 132 valence electrons. The van der Waals surface area contributed by atoms with Crippen LogP contribution in [0.3, 0.4) is 0 Å². The molecule has 0 saturated carbocycles. The van der Waals surface area contributed by atoms with Gasteiger partial charge in [-0.2, -0.15) is 0 Å². The number of rotatable bonds is 5. The first-order valence-corrected chi connectivity index (χ1v) is 8.68. The molecule has 1 N–H and O–H groups in total. The SMILES string of the molecule is CNC1Cc2ccccc2C1Oc1ccc(Oc2ccc(F)cc2)cc1. The number of hydrogen-bond donors (Lipinski definition) is 1. The van der Waals surface area contributed by atoms with Crippen molar-refractivity contribution in [3.8, 4) is 17.2 Å². The highest BCUT2D eigenvalue weighted by Crippen LogP contribution is 2.35. The Balaban J connectivity index is 1.48. The first-order chi connectivity index (χ1) is 12.7. The number of fused-ring (bicyclic) bond motifs is 1. The minimum atomic E-state index is -0.281. The lowest BCUT2D eigenvalue weighted by Gasteiger charge is -2.22. The maximum atomic E-state index is 13.0. The van der Waals surface area contributed by atoms with Crippen molar-refractivity contribution < 1.29 is 13.9 Å². The Bertz CT molecular complexity index is 877. The van der Waals surface area contributed by atoms with Crippen molar-refractivity contribution >= 4 is 0 Å². The highest BCUT2D eigenvalue weighted by atomic mass is 19.1. The molecule has 0 saturated heterocycles. The average Bonchev–Trinajstić information content (AvgIpc) is 3.03. The predicted octanol–water partition coefficient (Wildman–Crippen LogP) is 4.88. The molecule has 3 aromatic carbocycles. The second-order valence-electron chi connectivity index (χ2n) is 6.36. The fourth-order valence-corrected chi connectivity index (χ4v) is 3.33. The van der Waals surface area contributed by atoms with Crippen LogP contribution in [0.15, 0.2) is 72.8 Å². The second kappa shape index (κ2) is 7.18. The molecular formula is C22H20FNO2. The molecule has 0 radical (unpaired) electrons. The normalized spacial score (nSPS) is 18.4. The van der Waals surface area contributed by atoms with E-state index in [1.54, 1.807) is 12.1 Å². The van der Waals surface area contributed by atoms with E-state index in [1.165, 1.54) is 23.3 Å². The molecule has 0 aromatic heterocycles. The Morgan fingerprint density at radius 3 is 2.15 bits per heavy atom. The van der Waals surface area contributed by atoms with Crippen LogP contribution in [-0.2, 0) is 6.42 Å². The third-order valence-electron chi connectivity index (χ3n) is 4.67. The molecule has 1 aliphatic rings. The van der Waals surface area contributed by atoms with Gasteiger partial charge in [0.25, 0.3) is 0 Å². The van der Waals surface area contributed by atoms with Gasteiger partial charge in [-0.15, -0.1) is 0 Å². The van der Waals surface area contributed by atoms with Crippen molar-refractivity contribution in [3.05, 3.63) is 89.7 Å². The molecule has 2 atom stereocenters. The molecule has 0 aliphatic heterocycles. The van der Waals surface area contributed by atoms with Crippen LogP contribution in [0.2, 0.25) is 0 Å². The smallest absolute Gasteiger partial charge is 0.140 e. The third-order valence-corrected chi connectivity index (χ3v) is 4.67. The van der Waals surface area contributed by atoms with Crippen LogP contribution < -0.4 is 14.8 Å². The van der Waals surface area contributed by atoms with Crippen molar-refractivity contribution in [3.63, 3.8) is 0 Å². The molecule has 0 bridgehead atoms. The molecule has 3 nitrogen and oxygen atoms in total. The van der Waals surface area contributed by atoms with E-state index in [-0.39, 0.29) is 18.0 Å². The molecular weight excluding hydrogens is 329 g/mol. The van der Waals surface area contributed by atoms with Crippen molar-refractivity contribution in [1.29, 1.82) is 0 Å². The first kappa shape index (κ1) is 16.6. The van der Waals surface area contributed by atoms with Crippen molar-refractivity contribution in [1.82, 2.24) is 5.32 Å². The van der Waals surface area contributed by atoms with Crippen LogP contribution in [0.25, 0.3) is 0 Å². The molecule has 0 fully saturated rings. The van der Waals surface area contributed by atoms with Gasteiger partial charge >= 0.3 is 0 Å². The number of likely N-dealkylation sites (N-methyl/N-ethyl adjacent to an activating group) is 1. The zero-order valence-corrected chi connectivity index (χ0v) is 14.5. The van der Waals surface area contributed by atoms with E-state index in [0.717, 1.165) is 12.2 Å². The van der Waals surface area contributed by atoms with Crippen molar-refractivity contribution in [2.75, 3.05) is 7.05 Å². The zero-order chi connectivity index (χ0) is 17.9. The number of ether oxygens (including phenoxy) is 2. The Morgan fingerprint density at radius 1 is 0.846 bits per heavy atom. The number of hydrogen-bond acceptors (Lipinski definition) is 3. The second-order valence-corrected chi connectivity index (χ2v) is 6.36. The summed E-state index contributed by atoms with van der Waals surface area (Å²) in [6, 6.07) is 22.1. The van der Waals surface area contributed by atoms with Gasteiger partial charge in [0.1, 0.15) is 29.2 Å². The van der Waals surface area contributed by atoms with Gasteiger partial charge in [0.05, 0.1) is 6.04 Å². The maximum absolute atomic E-state index is 13.0. The van der Waals surface area contributed by atoms with E-state index in [4.69, 9.17) is 9.47 Å². The molecule has 26 heavy (non-hydrogen) atoms. The molecule has 3 aromatic rings. The van der Waals surface area contributed by atoms with Crippen molar-refractivity contribution in [2.24, 2.45) is 0 Å². The largest absolute Gasteiger partial charge is 0.484 e. The van der Waals surface area contributed by atoms with Gasteiger partial charge in [-0.1, -0.05) is 24.3 Å². The van der Waals surface area contributed by atoms with E-state index in [0.29, 0.717) is 11.5 Å². The van der Waals surface area contributed by atoms with Gasteiger partial charge in [-0.3, -0.25) is 0 Å². The molecule has 4 heteroatoms. The lowest BCUT2D eigenvalue weighted by molar-refractivity contribution is 0.172. The number of nitrogens with one attached hydrogen (secondary N) is 1. The van der Waals surface area contributed by atoms with Gasteiger partial charge < -0.3 is 14.8 Å². The summed E-state index contributed by atoms with van der Waals surface area (Å²) < 4.78 is 24.9. The minimum absolute atomic E-state index is 0.0138. The summed E-state index contributed by atoms with van der Waals surface area (Å²) in [5.74, 6) is 1.79. The fourth-order valence-electron chi connectivity index (χ4n) is 3.33. The number of halogens is 1. The Labute approximate surface area is 152 Å². The summed E-state index contributed by atoms with van der Waals surface area (Å²) >= 11 is 0. The molecule has 0 heterocycles. The fraction of sp³-hybridized carbons (Fsp3) is 0.182. The zero-order valence-electron chi connectivity index (χ0n) is 14.5. The van der Waals surface area contributed by atoms with Gasteiger partial charge in [0.2, 0.25) is 0 Å². The lowest BCUT2D eigenvalue weighted by atomic mass is 10.1. The predicted molar refractivity (Wildman–Crippen MR) is 99.3 cm³/mol. The van der Waals surface area contributed by atoms with Gasteiger partial charge in [0.15, 0.2) is 0 Å². The van der Waals surface area contributed by atoms with E-state index in [2.05, 4.69) is 23.5 Å². The summed E-state index contributed by atoms with van der Waals surface area (Å²) in [5.41, 5.74) is 2.56. The molecule has 4 rings (SSSR count). The Morgan fingerprint density at radius 2 is 1.46 bits per heavy atom. The van der Waals surface area contributed by atoms with E-state index in [9.17, 15) is 4.39 Å². The third kappa shape index (κ3) is 3.41. The standard InChI is InChI=1S/C22H20FNO2/c1-24-21-14-15-4-2-3-5-20(15)22(21)26-19-12-10-18(11-13-19)25-17-8-6-16(23)7-9-17/h2-13,21-22,24H,14H2,1H3. The van der Waals surface area contributed by atoms with Gasteiger partial charge in [-0.05, 0) is 73.1 Å². The van der Waals surface area contributed by atoms with Crippen LogP contribution >= 0.6 is 0 Å². The highest BCUT2D eigenvalue weighted by molar-refractivity contribution is 5.39. The number of benzene rings is 3. The maximum Gasteiger partial charge on any atom is 0.140 e. The monoisotopic (exact) mass is 349 g/mol. The van der Waals surface area contributed by atoms with E-state index < -0.39 is 0 Å². The summed E-state index contributed by atoms with van der Waals surface area (Å²) in [4.78, 5) is 0. The van der Waals surface area contributed by atoms with Crippen molar-refractivity contribution in [2.45, 2.75) is 18.6 Å². The molecule has 0 amide bonds. The Hall–Kier alpha value is -2.85. The summed E-state index contributed by atoms with van der Waals surface area (Å²) in [5, 5.41) is 3.35. The van der Waals surface area contributed by atoms with Gasteiger partial charge in [-0.25, -0.2) is 4.39 Å². The molecule has 0 spiro atoms. The minimum Gasteiger partial charge on any atom is -0.484 e. The summed E-state index contributed by atoms with van der Waals surface area (Å²) in [7, 11) is 1.96. The van der Waals surface area contributed by atoms with Crippen LogP contribution in [0, 0.1) is 5.82 Å². The quantitative estimate of drug-likeness (QED) is 0.712. The topological polar surface area (TPSA) is 30.5 Å². The van der Waals surface area contributed by atoms with Crippen LogP contribution in [0.5, 0.6) is 17.2 Å². The lowest BCUT2D eigenvalue weighted by Crippen LogP contribution is -2.32. The Kier molecular flexibility index (Phi) is 4.59. The highest BCUT2D eigenvalue weighted by Gasteiger charge is 2.32. The van der Waals surface area contributed by atoms with Crippen LogP contribution in [0.1, 0.15) is 17.2 Å².